The number of benzene rings is 1. The number of hydrogen-bond donors (Lipinski definition) is 1. The monoisotopic (exact) mass is 262 g/mol. The third kappa shape index (κ3) is 2.99. The smallest absolute Gasteiger partial charge is 0.290 e. The van der Waals surface area contributed by atoms with Crippen molar-refractivity contribution >= 4 is 5.91 Å². The van der Waals surface area contributed by atoms with E-state index in [0.717, 1.165) is 6.42 Å². The molecule has 0 aliphatic heterocycles. The zero-order valence-electron chi connectivity index (χ0n) is 10.8. The highest BCUT2D eigenvalue weighted by Crippen LogP contribution is 2.22. The fourth-order valence-electron chi connectivity index (χ4n) is 1.58. The molecule has 1 heterocycles. The summed E-state index contributed by atoms with van der Waals surface area (Å²) in [6.07, 6.45) is 0.819. The molecule has 2 rings (SSSR count). The third-order valence-electron chi connectivity index (χ3n) is 2.87. The molecule has 1 aromatic carbocycles. The van der Waals surface area contributed by atoms with Crippen LogP contribution < -0.4 is 5.32 Å². The first-order valence-corrected chi connectivity index (χ1v) is 6.14. The Morgan fingerprint density at radius 3 is 2.89 bits per heavy atom. The molecule has 0 saturated heterocycles. The lowest BCUT2D eigenvalue weighted by Gasteiger charge is -2.08. The quantitative estimate of drug-likeness (QED) is 0.921. The summed E-state index contributed by atoms with van der Waals surface area (Å²) in [6, 6.07) is 7.71. The minimum Gasteiger partial charge on any atom is -0.350 e. The van der Waals surface area contributed by atoms with E-state index in [2.05, 4.69) is 10.5 Å². The van der Waals surface area contributed by atoms with Crippen LogP contribution in [0.2, 0.25) is 0 Å². The number of carbonyl (C=O) groups is 1. The maximum atomic E-state index is 13.6. The van der Waals surface area contributed by atoms with Gasteiger partial charge in [-0.15, -0.1) is 0 Å². The van der Waals surface area contributed by atoms with Gasteiger partial charge in [0.05, 0.1) is 0 Å². The molecule has 0 unspecified atom stereocenters. The molecule has 5 heteroatoms. The van der Waals surface area contributed by atoms with Crippen LogP contribution >= 0.6 is 0 Å². The average Bonchev–Trinajstić information content (AvgIpc) is 2.88. The van der Waals surface area contributed by atoms with Crippen molar-refractivity contribution in [3.05, 3.63) is 41.9 Å². The number of nitrogens with one attached hydrogen (secondary N) is 1. The molecule has 4 nitrogen and oxygen atoms in total. The fraction of sp³-hybridized carbons (Fsp3) is 0.286. The molecule has 1 aromatic heterocycles. The number of rotatable bonds is 4. The summed E-state index contributed by atoms with van der Waals surface area (Å²) in [5.74, 6) is -0.660. The number of halogens is 1. The van der Waals surface area contributed by atoms with Gasteiger partial charge in [-0.2, -0.15) is 0 Å². The van der Waals surface area contributed by atoms with Crippen LogP contribution in [0.1, 0.15) is 30.8 Å². The van der Waals surface area contributed by atoms with Crippen molar-refractivity contribution in [1.29, 1.82) is 0 Å². The molecule has 0 aliphatic rings. The van der Waals surface area contributed by atoms with Gasteiger partial charge in [-0.1, -0.05) is 24.2 Å². The van der Waals surface area contributed by atoms with Crippen LogP contribution in [0.5, 0.6) is 0 Å². The van der Waals surface area contributed by atoms with E-state index in [1.54, 1.807) is 18.2 Å². The predicted octanol–water partition coefficient (Wildman–Crippen LogP) is 3.01. The Balaban J connectivity index is 2.20. The molecule has 0 spiro atoms. The van der Waals surface area contributed by atoms with Crippen molar-refractivity contribution in [1.82, 2.24) is 10.5 Å². The first-order valence-electron chi connectivity index (χ1n) is 6.14. The molecule has 0 bridgehead atoms. The summed E-state index contributed by atoms with van der Waals surface area (Å²) >= 11 is 0. The first kappa shape index (κ1) is 13.3. The molecule has 1 atom stereocenters. The molecular formula is C14H15FN2O2. The molecule has 0 saturated carbocycles. The normalized spacial score (nSPS) is 12.2. The molecule has 0 radical (unpaired) electrons. The molecule has 2 aromatic rings. The predicted molar refractivity (Wildman–Crippen MR) is 69.1 cm³/mol. The molecule has 0 aliphatic carbocycles. The zero-order chi connectivity index (χ0) is 13.8. The van der Waals surface area contributed by atoms with Crippen molar-refractivity contribution in [3.63, 3.8) is 0 Å². The molecule has 1 N–H and O–H groups in total. The summed E-state index contributed by atoms with van der Waals surface area (Å²) in [7, 11) is 0. The van der Waals surface area contributed by atoms with E-state index in [1.807, 2.05) is 13.8 Å². The second-order valence-electron chi connectivity index (χ2n) is 4.34. The van der Waals surface area contributed by atoms with Crippen molar-refractivity contribution in [3.8, 4) is 11.3 Å². The van der Waals surface area contributed by atoms with Crippen LogP contribution in [-0.2, 0) is 0 Å². The third-order valence-corrected chi connectivity index (χ3v) is 2.87. The van der Waals surface area contributed by atoms with Gasteiger partial charge in [0.15, 0.2) is 0 Å². The second-order valence-corrected chi connectivity index (χ2v) is 4.34. The van der Waals surface area contributed by atoms with E-state index in [-0.39, 0.29) is 17.7 Å². The molecule has 1 amide bonds. The number of carbonyl (C=O) groups excluding carboxylic acids is 1. The summed E-state index contributed by atoms with van der Waals surface area (Å²) in [5.41, 5.74) is 0.626. The van der Waals surface area contributed by atoms with Gasteiger partial charge in [-0.3, -0.25) is 4.79 Å². The van der Waals surface area contributed by atoms with E-state index in [1.165, 1.54) is 12.1 Å². The molecule has 19 heavy (non-hydrogen) atoms. The van der Waals surface area contributed by atoms with Gasteiger partial charge in [0.2, 0.25) is 5.76 Å². The van der Waals surface area contributed by atoms with E-state index in [4.69, 9.17) is 4.52 Å². The van der Waals surface area contributed by atoms with E-state index < -0.39 is 5.82 Å². The van der Waals surface area contributed by atoms with E-state index in [0.29, 0.717) is 11.3 Å². The summed E-state index contributed by atoms with van der Waals surface area (Å²) in [5, 5.41) is 6.48. The average molecular weight is 262 g/mol. The van der Waals surface area contributed by atoms with Crippen LogP contribution in [0.15, 0.2) is 34.9 Å². The Hall–Kier alpha value is -2.17. The number of nitrogens with zero attached hydrogens (tertiary/aromatic N) is 1. The van der Waals surface area contributed by atoms with Gasteiger partial charge in [0, 0.05) is 17.7 Å². The second kappa shape index (κ2) is 5.65. The Morgan fingerprint density at radius 1 is 1.47 bits per heavy atom. The molecular weight excluding hydrogens is 247 g/mol. The highest BCUT2D eigenvalue weighted by molar-refractivity contribution is 5.92. The van der Waals surface area contributed by atoms with Crippen molar-refractivity contribution < 1.29 is 13.7 Å². The van der Waals surface area contributed by atoms with Crippen molar-refractivity contribution in [2.45, 2.75) is 26.3 Å². The topological polar surface area (TPSA) is 55.1 Å². The Bertz CT molecular complexity index is 580. The summed E-state index contributed by atoms with van der Waals surface area (Å²) in [4.78, 5) is 11.8. The highest BCUT2D eigenvalue weighted by atomic mass is 19.1. The molecule has 100 valence electrons. The summed E-state index contributed by atoms with van der Waals surface area (Å²) in [6.45, 7) is 3.86. The lowest BCUT2D eigenvalue weighted by molar-refractivity contribution is 0.0902. The van der Waals surface area contributed by atoms with Gasteiger partial charge in [0.25, 0.3) is 5.91 Å². The van der Waals surface area contributed by atoms with Gasteiger partial charge >= 0.3 is 0 Å². The molecule has 0 fully saturated rings. The number of amides is 1. The maximum absolute atomic E-state index is 13.6. The van der Waals surface area contributed by atoms with Crippen LogP contribution in [0.3, 0.4) is 0 Å². The van der Waals surface area contributed by atoms with Crippen LogP contribution in [0.4, 0.5) is 4.39 Å². The van der Waals surface area contributed by atoms with E-state index in [9.17, 15) is 9.18 Å². The number of aromatic nitrogens is 1. The lowest BCUT2D eigenvalue weighted by atomic mass is 10.1. The van der Waals surface area contributed by atoms with Crippen molar-refractivity contribution in [2.24, 2.45) is 0 Å². The largest absolute Gasteiger partial charge is 0.350 e. The fourth-order valence-corrected chi connectivity index (χ4v) is 1.58. The van der Waals surface area contributed by atoms with Gasteiger partial charge in [-0.05, 0) is 25.5 Å². The van der Waals surface area contributed by atoms with Gasteiger partial charge in [0.1, 0.15) is 11.5 Å². The lowest BCUT2D eigenvalue weighted by Crippen LogP contribution is -2.31. The Kier molecular flexibility index (Phi) is 3.94. The van der Waals surface area contributed by atoms with Gasteiger partial charge in [-0.25, -0.2) is 4.39 Å². The van der Waals surface area contributed by atoms with Crippen molar-refractivity contribution in [2.75, 3.05) is 0 Å². The zero-order valence-corrected chi connectivity index (χ0v) is 10.8. The van der Waals surface area contributed by atoms with Crippen LogP contribution in [0.25, 0.3) is 11.3 Å². The minimum absolute atomic E-state index is 0.0505. The standard InChI is InChI=1S/C14H15FN2O2/c1-3-9(2)16-14(18)13-8-12(17-19-13)10-6-4-5-7-11(10)15/h4-9H,3H2,1-2H3,(H,16,18)/t9-/m0/s1. The first-order chi connectivity index (χ1) is 9.11. The van der Waals surface area contributed by atoms with Crippen LogP contribution in [-0.4, -0.2) is 17.1 Å². The Labute approximate surface area is 110 Å². The minimum atomic E-state index is -0.398. The highest BCUT2D eigenvalue weighted by Gasteiger charge is 2.16. The van der Waals surface area contributed by atoms with E-state index >= 15 is 0 Å². The maximum Gasteiger partial charge on any atom is 0.290 e. The SMILES string of the molecule is CC[C@H](C)NC(=O)c1cc(-c2ccccc2F)no1. The number of hydrogen-bond acceptors (Lipinski definition) is 3. The van der Waals surface area contributed by atoms with Crippen LogP contribution in [0, 0.1) is 5.82 Å². The summed E-state index contributed by atoms with van der Waals surface area (Å²) < 4.78 is 18.5. The Morgan fingerprint density at radius 2 is 2.21 bits per heavy atom. The van der Waals surface area contributed by atoms with Gasteiger partial charge < -0.3 is 9.84 Å².